The molecule has 0 amide bonds. The van der Waals surface area contributed by atoms with Crippen molar-refractivity contribution in [3.8, 4) is 0 Å². The van der Waals surface area contributed by atoms with Crippen molar-refractivity contribution >= 4 is 28.3 Å². The number of thiophene rings is 1. The van der Waals surface area contributed by atoms with Gasteiger partial charge in [-0.25, -0.2) is 0 Å². The molecule has 2 rings (SSSR count). The zero-order valence-corrected chi connectivity index (χ0v) is 12.3. The van der Waals surface area contributed by atoms with Gasteiger partial charge in [-0.2, -0.15) is 0 Å². The number of rotatable bonds is 3. The lowest BCUT2D eigenvalue weighted by molar-refractivity contribution is 0.445. The predicted octanol–water partition coefficient (Wildman–Crippen LogP) is 3.54. The SMILES string of the molecule is CC(Cc1cccs1)N=C1NC(C)(C)CCS1. The van der Waals surface area contributed by atoms with Crippen molar-refractivity contribution in [1.29, 1.82) is 0 Å². The molecule has 2 heterocycles. The summed E-state index contributed by atoms with van der Waals surface area (Å²) in [6, 6.07) is 4.65. The average molecular weight is 268 g/mol. The summed E-state index contributed by atoms with van der Waals surface area (Å²) >= 11 is 3.67. The molecule has 17 heavy (non-hydrogen) atoms. The highest BCUT2D eigenvalue weighted by Gasteiger charge is 2.24. The Balaban J connectivity index is 1.94. The van der Waals surface area contributed by atoms with E-state index in [0.717, 1.165) is 11.6 Å². The fourth-order valence-electron chi connectivity index (χ4n) is 1.83. The molecule has 2 nitrogen and oxygen atoms in total. The Hall–Kier alpha value is -0.480. The van der Waals surface area contributed by atoms with Gasteiger partial charge in [0, 0.05) is 22.6 Å². The molecule has 1 aliphatic heterocycles. The summed E-state index contributed by atoms with van der Waals surface area (Å²) in [6.07, 6.45) is 2.25. The first-order valence-electron chi connectivity index (χ1n) is 6.06. The van der Waals surface area contributed by atoms with Crippen LogP contribution >= 0.6 is 23.1 Å². The van der Waals surface area contributed by atoms with E-state index in [2.05, 4.69) is 43.6 Å². The molecule has 0 spiro atoms. The van der Waals surface area contributed by atoms with Gasteiger partial charge < -0.3 is 5.32 Å². The second kappa shape index (κ2) is 5.44. The first kappa shape index (κ1) is 13.0. The van der Waals surface area contributed by atoms with Crippen LogP contribution in [0.5, 0.6) is 0 Å². The van der Waals surface area contributed by atoms with E-state index in [0.29, 0.717) is 6.04 Å². The number of hydrogen-bond acceptors (Lipinski definition) is 3. The summed E-state index contributed by atoms with van der Waals surface area (Å²) in [4.78, 5) is 6.20. The van der Waals surface area contributed by atoms with Crippen LogP contribution < -0.4 is 5.32 Å². The molecule has 1 unspecified atom stereocenters. The Morgan fingerprint density at radius 2 is 2.35 bits per heavy atom. The molecule has 0 aromatic carbocycles. The minimum Gasteiger partial charge on any atom is -0.360 e. The van der Waals surface area contributed by atoms with E-state index in [1.54, 1.807) is 0 Å². The second-order valence-corrected chi connectivity index (χ2v) is 7.29. The maximum Gasteiger partial charge on any atom is 0.157 e. The molecule has 0 aliphatic carbocycles. The minimum absolute atomic E-state index is 0.201. The molecule has 1 atom stereocenters. The highest BCUT2D eigenvalue weighted by molar-refractivity contribution is 8.13. The van der Waals surface area contributed by atoms with Crippen molar-refractivity contribution < 1.29 is 0 Å². The second-order valence-electron chi connectivity index (χ2n) is 5.17. The van der Waals surface area contributed by atoms with E-state index in [4.69, 9.17) is 4.99 Å². The summed E-state index contributed by atoms with van der Waals surface area (Å²) in [5, 5.41) is 6.77. The van der Waals surface area contributed by atoms with Crippen LogP contribution in [0.15, 0.2) is 22.5 Å². The first-order valence-corrected chi connectivity index (χ1v) is 7.93. The van der Waals surface area contributed by atoms with E-state index >= 15 is 0 Å². The van der Waals surface area contributed by atoms with Crippen LogP contribution in [0.3, 0.4) is 0 Å². The van der Waals surface area contributed by atoms with Crippen LogP contribution in [-0.4, -0.2) is 22.5 Å². The maximum atomic E-state index is 4.78. The fraction of sp³-hybridized carbons (Fsp3) is 0.615. The molecule has 0 saturated carbocycles. The van der Waals surface area contributed by atoms with Gasteiger partial charge in [0.1, 0.15) is 0 Å². The Morgan fingerprint density at radius 1 is 1.53 bits per heavy atom. The highest BCUT2D eigenvalue weighted by Crippen LogP contribution is 2.22. The third-order valence-electron chi connectivity index (χ3n) is 2.83. The highest BCUT2D eigenvalue weighted by atomic mass is 32.2. The van der Waals surface area contributed by atoms with E-state index < -0.39 is 0 Å². The number of hydrogen-bond donors (Lipinski definition) is 1. The maximum absolute atomic E-state index is 4.78. The Labute approximate surface area is 112 Å². The van der Waals surface area contributed by atoms with Crippen molar-refractivity contribution in [2.24, 2.45) is 4.99 Å². The van der Waals surface area contributed by atoms with Crippen LogP contribution in [0.1, 0.15) is 32.1 Å². The fourth-order valence-corrected chi connectivity index (χ4v) is 4.06. The van der Waals surface area contributed by atoms with Gasteiger partial charge in [-0.15, -0.1) is 11.3 Å². The van der Waals surface area contributed by atoms with Crippen molar-refractivity contribution in [3.05, 3.63) is 22.4 Å². The number of aliphatic imine (C=N–C) groups is 1. The van der Waals surface area contributed by atoms with Gasteiger partial charge in [0.2, 0.25) is 0 Å². The summed E-state index contributed by atoms with van der Waals surface area (Å²) in [6.45, 7) is 6.68. The van der Waals surface area contributed by atoms with Crippen molar-refractivity contribution in [2.45, 2.75) is 45.2 Å². The van der Waals surface area contributed by atoms with E-state index in [1.807, 2.05) is 23.1 Å². The Bertz CT molecular complexity index is 382. The number of amidine groups is 1. The first-order chi connectivity index (χ1) is 8.05. The van der Waals surface area contributed by atoms with Crippen molar-refractivity contribution in [3.63, 3.8) is 0 Å². The smallest absolute Gasteiger partial charge is 0.157 e. The molecule has 94 valence electrons. The lowest BCUT2D eigenvalue weighted by Crippen LogP contribution is -2.46. The normalized spacial score (nSPS) is 23.4. The van der Waals surface area contributed by atoms with Gasteiger partial charge >= 0.3 is 0 Å². The number of nitrogens with one attached hydrogen (secondary N) is 1. The molecule has 1 saturated heterocycles. The molecule has 1 aromatic rings. The average Bonchev–Trinajstić information content (AvgIpc) is 2.68. The zero-order valence-electron chi connectivity index (χ0n) is 10.7. The van der Waals surface area contributed by atoms with Gasteiger partial charge in [-0.1, -0.05) is 17.8 Å². The van der Waals surface area contributed by atoms with Crippen LogP contribution in [0.25, 0.3) is 0 Å². The Kier molecular flexibility index (Phi) is 4.15. The molecule has 1 aromatic heterocycles. The van der Waals surface area contributed by atoms with Crippen LogP contribution in [0.2, 0.25) is 0 Å². The van der Waals surface area contributed by atoms with E-state index in [9.17, 15) is 0 Å². The standard InChI is InChI=1S/C13H20N2S2/c1-10(9-11-5-4-7-16-11)14-12-15-13(2,3)6-8-17-12/h4-5,7,10H,6,8-9H2,1-3H3,(H,14,15). The van der Waals surface area contributed by atoms with Gasteiger partial charge in [-0.05, 0) is 38.6 Å². The largest absolute Gasteiger partial charge is 0.360 e. The predicted molar refractivity (Wildman–Crippen MR) is 79.2 cm³/mol. The molecule has 1 fully saturated rings. The molecular weight excluding hydrogens is 248 g/mol. The molecule has 0 bridgehead atoms. The van der Waals surface area contributed by atoms with Crippen LogP contribution in [0, 0.1) is 0 Å². The van der Waals surface area contributed by atoms with E-state index in [-0.39, 0.29) is 5.54 Å². The van der Waals surface area contributed by atoms with Gasteiger partial charge in [-0.3, -0.25) is 4.99 Å². The number of thioether (sulfide) groups is 1. The zero-order chi connectivity index (χ0) is 12.3. The van der Waals surface area contributed by atoms with E-state index in [1.165, 1.54) is 17.1 Å². The van der Waals surface area contributed by atoms with Gasteiger partial charge in [0.15, 0.2) is 5.17 Å². The molecule has 0 radical (unpaired) electrons. The summed E-state index contributed by atoms with van der Waals surface area (Å²) < 4.78 is 0. The molecular formula is C13H20N2S2. The topological polar surface area (TPSA) is 24.4 Å². The van der Waals surface area contributed by atoms with Gasteiger partial charge in [0.05, 0.1) is 6.04 Å². The minimum atomic E-state index is 0.201. The number of nitrogens with zero attached hydrogens (tertiary/aromatic N) is 1. The molecule has 4 heteroatoms. The third kappa shape index (κ3) is 4.03. The quantitative estimate of drug-likeness (QED) is 0.907. The third-order valence-corrected chi connectivity index (χ3v) is 4.61. The molecule has 1 aliphatic rings. The summed E-state index contributed by atoms with van der Waals surface area (Å²) in [5.74, 6) is 1.17. The lowest BCUT2D eigenvalue weighted by Gasteiger charge is -2.32. The van der Waals surface area contributed by atoms with Crippen LogP contribution in [0.4, 0.5) is 0 Å². The Morgan fingerprint density at radius 3 is 3.00 bits per heavy atom. The summed E-state index contributed by atoms with van der Waals surface area (Å²) in [5.41, 5.74) is 0.201. The molecule has 1 N–H and O–H groups in total. The van der Waals surface area contributed by atoms with Crippen molar-refractivity contribution in [2.75, 3.05) is 5.75 Å². The lowest BCUT2D eigenvalue weighted by atomic mass is 10.0. The van der Waals surface area contributed by atoms with Crippen molar-refractivity contribution in [1.82, 2.24) is 5.32 Å². The van der Waals surface area contributed by atoms with Gasteiger partial charge in [0.25, 0.3) is 0 Å². The van der Waals surface area contributed by atoms with Crippen LogP contribution in [-0.2, 0) is 6.42 Å². The summed E-state index contributed by atoms with van der Waals surface area (Å²) in [7, 11) is 0. The monoisotopic (exact) mass is 268 g/mol.